The first-order valence-corrected chi connectivity index (χ1v) is 5.03. The van der Waals surface area contributed by atoms with Gasteiger partial charge >= 0.3 is 0 Å². The van der Waals surface area contributed by atoms with E-state index in [1.807, 2.05) is 37.3 Å². The molecular weight excluding hydrogens is 203 g/mol. The number of hydrogen-bond acceptors (Lipinski definition) is 1. The monoisotopic (exact) mass is 214 g/mol. The van der Waals surface area contributed by atoms with Crippen molar-refractivity contribution in [2.75, 3.05) is 0 Å². The number of aryl methyl sites for hydroxylation is 1. The van der Waals surface area contributed by atoms with E-state index in [4.69, 9.17) is 0 Å². The second-order valence-electron chi connectivity index (χ2n) is 3.64. The van der Waals surface area contributed by atoms with E-state index in [0.29, 0.717) is 11.8 Å². The summed E-state index contributed by atoms with van der Waals surface area (Å²) in [7, 11) is 0. The number of benzene rings is 2. The fraction of sp³-hybridized carbons (Fsp3) is 0.0714. The van der Waals surface area contributed by atoms with E-state index in [2.05, 4.69) is 0 Å². The number of halogens is 1. The predicted molar refractivity (Wildman–Crippen MR) is 62.0 cm³/mol. The van der Waals surface area contributed by atoms with Gasteiger partial charge in [0.1, 0.15) is 5.82 Å². The first kappa shape index (κ1) is 10.6. The van der Waals surface area contributed by atoms with Crippen molar-refractivity contribution < 1.29 is 9.18 Å². The molecule has 0 amide bonds. The van der Waals surface area contributed by atoms with Crippen LogP contribution < -0.4 is 0 Å². The Kier molecular flexibility index (Phi) is 2.82. The highest BCUT2D eigenvalue weighted by Gasteiger charge is 2.11. The third-order valence-corrected chi connectivity index (χ3v) is 2.58. The average Bonchev–Trinajstić information content (AvgIpc) is 2.33. The summed E-state index contributed by atoms with van der Waals surface area (Å²) in [6.07, 6.45) is 0.574. The van der Waals surface area contributed by atoms with E-state index >= 15 is 0 Å². The molecule has 0 aliphatic carbocycles. The molecule has 2 aromatic carbocycles. The number of carbonyl (C=O) groups excluding carboxylic acids is 1. The lowest BCUT2D eigenvalue weighted by Gasteiger charge is -2.09. The molecule has 2 rings (SSSR count). The normalized spacial score (nSPS) is 10.1. The van der Waals surface area contributed by atoms with Crippen molar-refractivity contribution in [2.45, 2.75) is 6.92 Å². The summed E-state index contributed by atoms with van der Waals surface area (Å²) >= 11 is 0. The van der Waals surface area contributed by atoms with Gasteiger partial charge in [0.25, 0.3) is 0 Å². The van der Waals surface area contributed by atoms with Gasteiger partial charge in [-0.3, -0.25) is 4.79 Å². The first-order chi connectivity index (χ1) is 7.74. The Balaban J connectivity index is 2.73. The van der Waals surface area contributed by atoms with Gasteiger partial charge in [0.2, 0.25) is 0 Å². The number of hydrogen-bond donors (Lipinski definition) is 0. The van der Waals surface area contributed by atoms with Crippen molar-refractivity contribution in [2.24, 2.45) is 0 Å². The lowest BCUT2D eigenvalue weighted by atomic mass is 9.95. The molecule has 0 radical (unpaired) electrons. The second kappa shape index (κ2) is 4.27. The highest BCUT2D eigenvalue weighted by atomic mass is 19.1. The molecule has 0 saturated carbocycles. The zero-order valence-corrected chi connectivity index (χ0v) is 8.91. The summed E-state index contributed by atoms with van der Waals surface area (Å²) in [5.74, 6) is -0.473. The lowest BCUT2D eigenvalue weighted by Crippen LogP contribution is -1.95. The standard InChI is InChI=1S/C14H11FO/c1-10-7-8-13(15)12(9-16)14(10)11-5-3-2-4-6-11/h2-9H,1H3. The Morgan fingerprint density at radius 1 is 1.06 bits per heavy atom. The van der Waals surface area contributed by atoms with Gasteiger partial charge in [-0.25, -0.2) is 4.39 Å². The molecule has 0 unspecified atom stereocenters. The Hall–Kier alpha value is -1.96. The third-order valence-electron chi connectivity index (χ3n) is 2.58. The molecule has 0 spiro atoms. The lowest BCUT2D eigenvalue weighted by molar-refractivity contribution is 0.112. The molecular formula is C14H11FO. The smallest absolute Gasteiger partial charge is 0.153 e. The maximum Gasteiger partial charge on any atom is 0.153 e. The summed E-state index contributed by atoms with van der Waals surface area (Å²) in [5.41, 5.74) is 2.57. The number of rotatable bonds is 2. The summed E-state index contributed by atoms with van der Waals surface area (Å²) in [6.45, 7) is 1.87. The van der Waals surface area contributed by atoms with Crippen LogP contribution in [0.4, 0.5) is 4.39 Å². The summed E-state index contributed by atoms with van der Waals surface area (Å²) in [6, 6.07) is 12.4. The zero-order valence-electron chi connectivity index (χ0n) is 8.91. The van der Waals surface area contributed by atoms with E-state index in [1.165, 1.54) is 6.07 Å². The zero-order chi connectivity index (χ0) is 11.5. The second-order valence-corrected chi connectivity index (χ2v) is 3.64. The van der Waals surface area contributed by atoms with Crippen molar-refractivity contribution in [3.8, 4) is 11.1 Å². The topological polar surface area (TPSA) is 17.1 Å². The minimum Gasteiger partial charge on any atom is -0.298 e. The molecule has 0 fully saturated rings. The Labute approximate surface area is 93.5 Å². The van der Waals surface area contributed by atoms with Crippen molar-refractivity contribution in [3.63, 3.8) is 0 Å². The minimum absolute atomic E-state index is 0.131. The molecule has 2 aromatic rings. The summed E-state index contributed by atoms with van der Waals surface area (Å²) in [5, 5.41) is 0. The van der Waals surface area contributed by atoms with E-state index in [0.717, 1.165) is 11.1 Å². The molecule has 2 heteroatoms. The quantitative estimate of drug-likeness (QED) is 0.698. The van der Waals surface area contributed by atoms with Crippen molar-refractivity contribution in [3.05, 3.63) is 59.4 Å². The minimum atomic E-state index is -0.473. The van der Waals surface area contributed by atoms with E-state index in [1.54, 1.807) is 6.07 Å². The van der Waals surface area contributed by atoms with Crippen LogP contribution in [0.15, 0.2) is 42.5 Å². The molecule has 0 saturated heterocycles. The van der Waals surface area contributed by atoms with Crippen molar-refractivity contribution in [1.82, 2.24) is 0 Å². The fourth-order valence-electron chi connectivity index (χ4n) is 1.81. The van der Waals surface area contributed by atoms with Crippen LogP contribution in [0.3, 0.4) is 0 Å². The van der Waals surface area contributed by atoms with Gasteiger partial charge in [0.15, 0.2) is 6.29 Å². The molecule has 1 nitrogen and oxygen atoms in total. The Morgan fingerprint density at radius 3 is 2.38 bits per heavy atom. The van der Waals surface area contributed by atoms with Gasteiger partial charge in [0, 0.05) is 0 Å². The molecule has 0 heterocycles. The average molecular weight is 214 g/mol. The van der Waals surface area contributed by atoms with Crippen LogP contribution in [0.25, 0.3) is 11.1 Å². The maximum absolute atomic E-state index is 13.5. The van der Waals surface area contributed by atoms with E-state index in [-0.39, 0.29) is 5.56 Å². The van der Waals surface area contributed by atoms with Gasteiger partial charge in [-0.2, -0.15) is 0 Å². The first-order valence-electron chi connectivity index (χ1n) is 5.03. The van der Waals surface area contributed by atoms with Crippen LogP contribution in [0.5, 0.6) is 0 Å². The SMILES string of the molecule is Cc1ccc(F)c(C=O)c1-c1ccccc1. The van der Waals surface area contributed by atoms with Gasteiger partial charge < -0.3 is 0 Å². The molecule has 0 aliphatic heterocycles. The number of carbonyl (C=O) groups is 1. The summed E-state index contributed by atoms with van der Waals surface area (Å²) < 4.78 is 13.5. The van der Waals surface area contributed by atoms with E-state index in [9.17, 15) is 9.18 Å². The molecule has 0 N–H and O–H groups in total. The molecule has 0 aliphatic rings. The van der Waals surface area contributed by atoms with Crippen LogP contribution in [0.1, 0.15) is 15.9 Å². The van der Waals surface area contributed by atoms with Gasteiger partial charge in [-0.05, 0) is 29.7 Å². The maximum atomic E-state index is 13.5. The molecule has 80 valence electrons. The summed E-state index contributed by atoms with van der Waals surface area (Å²) in [4.78, 5) is 10.9. The van der Waals surface area contributed by atoms with Crippen LogP contribution in [-0.4, -0.2) is 6.29 Å². The van der Waals surface area contributed by atoms with Crippen molar-refractivity contribution in [1.29, 1.82) is 0 Å². The third kappa shape index (κ3) is 1.74. The van der Waals surface area contributed by atoms with Crippen LogP contribution in [0.2, 0.25) is 0 Å². The predicted octanol–water partition coefficient (Wildman–Crippen LogP) is 3.61. The number of aldehydes is 1. The Morgan fingerprint density at radius 2 is 1.75 bits per heavy atom. The fourth-order valence-corrected chi connectivity index (χ4v) is 1.81. The van der Waals surface area contributed by atoms with Crippen LogP contribution in [0, 0.1) is 12.7 Å². The molecule has 0 atom stereocenters. The largest absolute Gasteiger partial charge is 0.298 e. The molecule has 0 bridgehead atoms. The Bertz CT molecular complexity index is 518. The van der Waals surface area contributed by atoms with Crippen LogP contribution in [-0.2, 0) is 0 Å². The van der Waals surface area contributed by atoms with Gasteiger partial charge in [-0.15, -0.1) is 0 Å². The molecule has 16 heavy (non-hydrogen) atoms. The van der Waals surface area contributed by atoms with Gasteiger partial charge in [-0.1, -0.05) is 36.4 Å². The van der Waals surface area contributed by atoms with Crippen molar-refractivity contribution >= 4 is 6.29 Å². The van der Waals surface area contributed by atoms with E-state index < -0.39 is 5.82 Å². The highest BCUT2D eigenvalue weighted by molar-refractivity contribution is 5.89. The van der Waals surface area contributed by atoms with Crippen LogP contribution >= 0.6 is 0 Å². The highest BCUT2D eigenvalue weighted by Crippen LogP contribution is 2.27. The molecule has 0 aromatic heterocycles. The van der Waals surface area contributed by atoms with Gasteiger partial charge in [0.05, 0.1) is 5.56 Å².